The second kappa shape index (κ2) is 9.15. The van der Waals surface area contributed by atoms with Gasteiger partial charge in [-0.2, -0.15) is 0 Å². The Morgan fingerprint density at radius 3 is 2.00 bits per heavy atom. The maximum Gasteiger partial charge on any atom is 0.330 e. The number of carboxylic acids is 1. The highest BCUT2D eigenvalue weighted by molar-refractivity contribution is 5.87. The Labute approximate surface area is 125 Å². The number of aliphatic carboxylic acids is 1. The third kappa shape index (κ3) is 8.83. The van der Waals surface area contributed by atoms with Crippen molar-refractivity contribution in [2.75, 3.05) is 0 Å². The van der Waals surface area contributed by atoms with Crippen LogP contribution in [0.1, 0.15) is 47.0 Å². The smallest absolute Gasteiger partial charge is 0.330 e. The maximum atomic E-state index is 11.9. The molecule has 0 heterocycles. The lowest BCUT2D eigenvalue weighted by Gasteiger charge is -2.17. The van der Waals surface area contributed by atoms with Gasteiger partial charge in [0, 0.05) is 12.0 Å². The summed E-state index contributed by atoms with van der Waals surface area (Å²) in [5.74, 6) is -2.82. The van der Waals surface area contributed by atoms with Crippen molar-refractivity contribution in [3.8, 4) is 0 Å². The van der Waals surface area contributed by atoms with Crippen molar-refractivity contribution in [3.05, 3.63) is 12.2 Å². The van der Waals surface area contributed by atoms with Crippen LogP contribution in [0.25, 0.3) is 0 Å². The highest BCUT2D eigenvalue weighted by atomic mass is 16.5. The van der Waals surface area contributed by atoms with Gasteiger partial charge in [0.2, 0.25) is 0 Å². The summed E-state index contributed by atoms with van der Waals surface area (Å²) in [7, 11) is 0. The van der Waals surface area contributed by atoms with Crippen LogP contribution in [0.4, 0.5) is 0 Å². The largest absolute Gasteiger partial charge is 0.478 e. The van der Waals surface area contributed by atoms with E-state index in [4.69, 9.17) is 14.6 Å². The first-order valence-electron chi connectivity index (χ1n) is 6.94. The number of carboxylic acid groups (broad SMARTS) is 1. The molecule has 0 rings (SSSR count). The summed E-state index contributed by atoms with van der Waals surface area (Å²) >= 11 is 0. The van der Waals surface area contributed by atoms with Crippen molar-refractivity contribution in [2.45, 2.75) is 59.2 Å². The van der Waals surface area contributed by atoms with E-state index < -0.39 is 23.8 Å². The molecule has 0 fully saturated rings. The molecule has 0 aromatic carbocycles. The molecule has 0 aliphatic carbocycles. The minimum Gasteiger partial charge on any atom is -0.478 e. The quantitative estimate of drug-likeness (QED) is 0.519. The summed E-state index contributed by atoms with van der Waals surface area (Å²) in [6.45, 7) is 10.3. The van der Waals surface area contributed by atoms with Gasteiger partial charge in [-0.3, -0.25) is 9.59 Å². The van der Waals surface area contributed by atoms with Crippen LogP contribution in [0, 0.1) is 5.92 Å². The van der Waals surface area contributed by atoms with E-state index >= 15 is 0 Å². The number of hydrogen-bond donors (Lipinski definition) is 1. The molecule has 21 heavy (non-hydrogen) atoms. The van der Waals surface area contributed by atoms with Gasteiger partial charge in [-0.15, -0.1) is 0 Å². The number of carbonyl (C=O) groups excluding carboxylic acids is 2. The van der Waals surface area contributed by atoms with Gasteiger partial charge in [0.05, 0.1) is 18.1 Å². The van der Waals surface area contributed by atoms with Crippen LogP contribution in [0.3, 0.4) is 0 Å². The molecule has 0 aliphatic rings. The normalized spacial score (nSPS) is 12.1. The van der Waals surface area contributed by atoms with Crippen molar-refractivity contribution in [1.29, 1.82) is 0 Å². The van der Waals surface area contributed by atoms with Crippen molar-refractivity contribution in [3.63, 3.8) is 0 Å². The monoisotopic (exact) mass is 300 g/mol. The van der Waals surface area contributed by atoms with Crippen LogP contribution in [0.15, 0.2) is 12.2 Å². The molecule has 6 nitrogen and oxygen atoms in total. The van der Waals surface area contributed by atoms with E-state index in [1.807, 2.05) is 0 Å². The zero-order valence-electron chi connectivity index (χ0n) is 13.0. The van der Waals surface area contributed by atoms with Crippen LogP contribution in [0.5, 0.6) is 0 Å². The summed E-state index contributed by atoms with van der Waals surface area (Å²) in [6, 6.07) is 0. The molecule has 120 valence electrons. The van der Waals surface area contributed by atoms with Gasteiger partial charge >= 0.3 is 17.9 Å². The van der Waals surface area contributed by atoms with Gasteiger partial charge in [-0.05, 0) is 40.5 Å². The van der Waals surface area contributed by atoms with E-state index in [9.17, 15) is 14.4 Å². The van der Waals surface area contributed by atoms with E-state index in [1.165, 1.54) is 0 Å². The average Bonchev–Trinajstić information content (AvgIpc) is 2.31. The Bertz CT molecular complexity index is 397. The summed E-state index contributed by atoms with van der Waals surface area (Å²) in [5, 5.41) is 8.85. The van der Waals surface area contributed by atoms with Gasteiger partial charge in [0.25, 0.3) is 0 Å². The first-order valence-corrected chi connectivity index (χ1v) is 6.94. The van der Waals surface area contributed by atoms with Crippen molar-refractivity contribution < 1.29 is 29.0 Å². The summed E-state index contributed by atoms with van der Waals surface area (Å²) in [4.78, 5) is 34.3. The topological polar surface area (TPSA) is 89.9 Å². The fourth-order valence-electron chi connectivity index (χ4n) is 1.63. The number of carbonyl (C=O) groups is 3. The molecule has 0 spiro atoms. The number of ether oxygens (including phenoxy) is 2. The Morgan fingerprint density at radius 2 is 1.57 bits per heavy atom. The molecular formula is C15H24O6. The number of rotatable bonds is 9. The van der Waals surface area contributed by atoms with Crippen LogP contribution in [-0.2, 0) is 23.9 Å². The second-order valence-electron chi connectivity index (χ2n) is 5.37. The standard InChI is InChI=1S/C15H24O6/c1-9(2)20-13(16)7-6-12(8-11(5)14(17)18)15(19)21-10(3)4/h9-10,12H,5-8H2,1-4H3,(H,17,18). The lowest BCUT2D eigenvalue weighted by molar-refractivity contribution is -0.153. The van der Waals surface area contributed by atoms with E-state index in [0.29, 0.717) is 0 Å². The van der Waals surface area contributed by atoms with Gasteiger partial charge in [-0.1, -0.05) is 6.58 Å². The minimum absolute atomic E-state index is 0.0307. The molecule has 1 N–H and O–H groups in total. The molecule has 0 bridgehead atoms. The first kappa shape index (κ1) is 19.1. The fraction of sp³-hybridized carbons (Fsp3) is 0.667. The third-order valence-electron chi connectivity index (χ3n) is 2.54. The van der Waals surface area contributed by atoms with E-state index in [1.54, 1.807) is 27.7 Å². The highest BCUT2D eigenvalue weighted by Gasteiger charge is 2.25. The summed E-state index contributed by atoms with van der Waals surface area (Å²) in [5.41, 5.74) is -0.0852. The molecule has 0 aromatic heterocycles. The van der Waals surface area contributed by atoms with Crippen molar-refractivity contribution >= 4 is 17.9 Å². The molecule has 6 heteroatoms. The van der Waals surface area contributed by atoms with Crippen LogP contribution in [0.2, 0.25) is 0 Å². The average molecular weight is 300 g/mol. The van der Waals surface area contributed by atoms with Gasteiger partial charge < -0.3 is 14.6 Å². The maximum absolute atomic E-state index is 11.9. The molecule has 0 radical (unpaired) electrons. The lowest BCUT2D eigenvalue weighted by atomic mass is 9.95. The zero-order chi connectivity index (χ0) is 16.6. The Balaban J connectivity index is 4.65. The molecule has 0 saturated carbocycles. The molecule has 0 amide bonds. The SMILES string of the molecule is C=C(CC(CCC(=O)OC(C)C)C(=O)OC(C)C)C(=O)O. The van der Waals surface area contributed by atoms with Gasteiger partial charge in [0.1, 0.15) is 0 Å². The Morgan fingerprint density at radius 1 is 1.05 bits per heavy atom. The first-order chi connectivity index (χ1) is 9.63. The molecular weight excluding hydrogens is 276 g/mol. The number of hydrogen-bond acceptors (Lipinski definition) is 5. The third-order valence-corrected chi connectivity index (χ3v) is 2.54. The van der Waals surface area contributed by atoms with Crippen molar-refractivity contribution in [2.24, 2.45) is 5.92 Å². The van der Waals surface area contributed by atoms with E-state index in [-0.39, 0.29) is 37.0 Å². The summed E-state index contributed by atoms with van der Waals surface area (Å²) in [6.07, 6.45) is -0.379. The minimum atomic E-state index is -1.16. The van der Waals surface area contributed by atoms with Crippen LogP contribution < -0.4 is 0 Å². The predicted octanol–water partition coefficient (Wildman–Crippen LogP) is 2.32. The molecule has 1 unspecified atom stereocenters. The van der Waals surface area contributed by atoms with Crippen LogP contribution >= 0.6 is 0 Å². The second-order valence-corrected chi connectivity index (χ2v) is 5.37. The van der Waals surface area contributed by atoms with E-state index in [2.05, 4.69) is 6.58 Å². The fourth-order valence-corrected chi connectivity index (χ4v) is 1.63. The van der Waals surface area contributed by atoms with E-state index in [0.717, 1.165) is 0 Å². The summed E-state index contributed by atoms with van der Waals surface area (Å²) < 4.78 is 10.1. The Hall–Kier alpha value is -1.85. The zero-order valence-corrected chi connectivity index (χ0v) is 13.0. The number of esters is 2. The lowest BCUT2D eigenvalue weighted by Crippen LogP contribution is -2.24. The van der Waals surface area contributed by atoms with Crippen molar-refractivity contribution in [1.82, 2.24) is 0 Å². The molecule has 0 saturated heterocycles. The molecule has 0 aromatic rings. The molecule has 1 atom stereocenters. The van der Waals surface area contributed by atoms with Gasteiger partial charge in [0.15, 0.2) is 0 Å². The van der Waals surface area contributed by atoms with Crippen LogP contribution in [-0.4, -0.2) is 35.2 Å². The highest BCUT2D eigenvalue weighted by Crippen LogP contribution is 2.19. The van der Waals surface area contributed by atoms with Gasteiger partial charge in [-0.25, -0.2) is 4.79 Å². The molecule has 0 aliphatic heterocycles. The Kier molecular flexibility index (Phi) is 8.35. The predicted molar refractivity (Wildman–Crippen MR) is 76.6 cm³/mol.